The summed E-state index contributed by atoms with van der Waals surface area (Å²) < 4.78 is 3.66. The van der Waals surface area contributed by atoms with Crippen molar-refractivity contribution in [1.29, 1.82) is 0 Å². The number of piperidine rings is 1. The van der Waals surface area contributed by atoms with Gasteiger partial charge in [0.25, 0.3) is 4.96 Å². The van der Waals surface area contributed by atoms with Crippen LogP contribution in [0.3, 0.4) is 0 Å². The first-order chi connectivity index (χ1) is 12.1. The lowest BCUT2D eigenvalue weighted by Crippen LogP contribution is -2.34. The first kappa shape index (κ1) is 16.0. The van der Waals surface area contributed by atoms with Gasteiger partial charge in [-0.1, -0.05) is 11.3 Å². The maximum Gasteiger partial charge on any atom is 0.373 e. The first-order valence-electron chi connectivity index (χ1n) is 8.30. The van der Waals surface area contributed by atoms with Gasteiger partial charge in [0.2, 0.25) is 5.82 Å². The molecule has 1 aliphatic rings. The van der Waals surface area contributed by atoms with Crippen LogP contribution in [0.25, 0.3) is 4.96 Å². The van der Waals surface area contributed by atoms with Gasteiger partial charge in [-0.2, -0.15) is 9.38 Å². The number of imidazole rings is 1. The Bertz CT molecular complexity index is 904. The molecule has 3 aromatic rings. The summed E-state index contributed by atoms with van der Waals surface area (Å²) in [5.74, 6) is 1.86. The topological polar surface area (TPSA) is 94.4 Å². The van der Waals surface area contributed by atoms with E-state index in [1.54, 1.807) is 16.9 Å². The van der Waals surface area contributed by atoms with Gasteiger partial charge >= 0.3 is 5.82 Å². The van der Waals surface area contributed by atoms with Gasteiger partial charge in [0.05, 0.1) is 0 Å². The van der Waals surface area contributed by atoms with Gasteiger partial charge in [-0.25, -0.2) is 0 Å². The first-order valence-corrected chi connectivity index (χ1v) is 9.18. The molecule has 1 saturated heterocycles. The molecule has 0 amide bonds. The summed E-state index contributed by atoms with van der Waals surface area (Å²) in [5.41, 5.74) is 0. The Balaban J connectivity index is 1.56. The molecule has 132 valence electrons. The number of hydrogen-bond acceptors (Lipinski definition) is 7. The van der Waals surface area contributed by atoms with Crippen LogP contribution in [-0.4, -0.2) is 42.2 Å². The van der Waals surface area contributed by atoms with Crippen molar-refractivity contribution in [1.82, 2.24) is 24.1 Å². The number of aromatic nitrogens is 5. The quantitative estimate of drug-likeness (QED) is 0.524. The van der Waals surface area contributed by atoms with Crippen LogP contribution in [0.5, 0.6) is 0 Å². The molecule has 0 unspecified atom stereocenters. The van der Waals surface area contributed by atoms with Gasteiger partial charge in [0.1, 0.15) is 18.3 Å². The van der Waals surface area contributed by atoms with Crippen molar-refractivity contribution in [3.8, 4) is 0 Å². The van der Waals surface area contributed by atoms with Gasteiger partial charge in [-0.05, 0) is 31.6 Å². The van der Waals surface area contributed by atoms with Crippen molar-refractivity contribution in [3.63, 3.8) is 0 Å². The van der Waals surface area contributed by atoms with Crippen LogP contribution in [0.1, 0.15) is 44.5 Å². The molecule has 4 rings (SSSR count). The normalized spacial score (nSPS) is 16.2. The Morgan fingerprint density at radius 2 is 2.12 bits per heavy atom. The minimum Gasteiger partial charge on any atom is -0.358 e. The summed E-state index contributed by atoms with van der Waals surface area (Å²) in [6, 6.07) is 0.323. The number of nitro groups is 1. The Morgan fingerprint density at radius 1 is 1.36 bits per heavy atom. The summed E-state index contributed by atoms with van der Waals surface area (Å²) >= 11 is 1.41. The highest BCUT2D eigenvalue weighted by molar-refractivity contribution is 7.15. The van der Waals surface area contributed by atoms with E-state index in [9.17, 15) is 10.1 Å². The molecule has 1 aliphatic heterocycles. The Labute approximate surface area is 148 Å². The minimum absolute atomic E-state index is 0.0556. The Hall–Kier alpha value is -2.49. The molecule has 0 spiro atoms. The van der Waals surface area contributed by atoms with Crippen molar-refractivity contribution in [2.45, 2.75) is 38.6 Å². The minimum atomic E-state index is -0.344. The third kappa shape index (κ3) is 2.66. The summed E-state index contributed by atoms with van der Waals surface area (Å²) in [6.45, 7) is 5.68. The highest BCUT2D eigenvalue weighted by Crippen LogP contribution is 2.35. The smallest absolute Gasteiger partial charge is 0.358 e. The SMILES string of the molecule is CC(C)n1cnnc1C1CCN(c2nc3sccn3c2[N+](=O)[O-])CC1. The van der Waals surface area contributed by atoms with Gasteiger partial charge < -0.3 is 19.6 Å². The molecular formula is C15H19N7O2S. The zero-order valence-corrected chi connectivity index (χ0v) is 14.9. The molecule has 0 aromatic carbocycles. The van der Waals surface area contributed by atoms with Crippen molar-refractivity contribution in [2.24, 2.45) is 0 Å². The van der Waals surface area contributed by atoms with Crippen molar-refractivity contribution < 1.29 is 4.92 Å². The summed E-state index contributed by atoms with van der Waals surface area (Å²) in [6.07, 6.45) is 5.24. The van der Waals surface area contributed by atoms with E-state index in [4.69, 9.17) is 0 Å². The molecule has 0 aliphatic carbocycles. The molecule has 10 heteroatoms. The number of fused-ring (bicyclic) bond motifs is 1. The second kappa shape index (κ2) is 6.10. The van der Waals surface area contributed by atoms with Crippen LogP contribution in [-0.2, 0) is 0 Å². The zero-order valence-electron chi connectivity index (χ0n) is 14.1. The molecule has 0 atom stereocenters. The van der Waals surface area contributed by atoms with Crippen LogP contribution in [0.15, 0.2) is 17.9 Å². The lowest BCUT2D eigenvalue weighted by Gasteiger charge is -2.31. The zero-order chi connectivity index (χ0) is 17.6. The van der Waals surface area contributed by atoms with E-state index in [1.165, 1.54) is 11.3 Å². The van der Waals surface area contributed by atoms with Crippen LogP contribution in [0, 0.1) is 10.1 Å². The predicted molar refractivity (Wildman–Crippen MR) is 94.3 cm³/mol. The molecule has 3 aromatic heterocycles. The third-order valence-electron chi connectivity index (χ3n) is 4.71. The van der Waals surface area contributed by atoms with E-state index in [-0.39, 0.29) is 10.7 Å². The number of anilines is 1. The largest absolute Gasteiger partial charge is 0.373 e. The second-order valence-corrected chi connectivity index (χ2v) is 7.40. The van der Waals surface area contributed by atoms with E-state index in [2.05, 4.69) is 33.6 Å². The van der Waals surface area contributed by atoms with Crippen molar-refractivity contribution in [2.75, 3.05) is 18.0 Å². The fraction of sp³-hybridized carbons (Fsp3) is 0.533. The van der Waals surface area contributed by atoms with E-state index in [0.29, 0.717) is 22.7 Å². The average molecular weight is 361 g/mol. The van der Waals surface area contributed by atoms with Crippen molar-refractivity contribution >= 4 is 27.9 Å². The molecule has 4 heterocycles. The standard InChI is InChI=1S/C15H19N7O2S/c1-10(2)21-9-16-18-12(21)11-3-5-19(6-4-11)13-14(22(23)24)20-7-8-25-15(20)17-13/h7-11H,3-6H2,1-2H3. The highest BCUT2D eigenvalue weighted by atomic mass is 32.1. The van der Waals surface area contributed by atoms with Gasteiger partial charge in [0, 0.05) is 30.4 Å². The van der Waals surface area contributed by atoms with Gasteiger partial charge in [0.15, 0.2) is 0 Å². The maximum atomic E-state index is 11.5. The molecule has 25 heavy (non-hydrogen) atoms. The molecule has 1 fully saturated rings. The fourth-order valence-electron chi connectivity index (χ4n) is 3.44. The molecule has 9 nitrogen and oxygen atoms in total. The molecule has 0 bridgehead atoms. The van der Waals surface area contributed by atoms with Crippen molar-refractivity contribution in [3.05, 3.63) is 33.8 Å². The summed E-state index contributed by atoms with van der Waals surface area (Å²) in [7, 11) is 0. The highest BCUT2D eigenvalue weighted by Gasteiger charge is 2.32. The Morgan fingerprint density at radius 3 is 2.80 bits per heavy atom. The number of hydrogen-bond donors (Lipinski definition) is 0. The van der Waals surface area contributed by atoms with E-state index >= 15 is 0 Å². The molecule has 0 saturated carbocycles. The van der Waals surface area contributed by atoms with E-state index in [0.717, 1.165) is 31.8 Å². The van der Waals surface area contributed by atoms with Crippen LogP contribution < -0.4 is 4.90 Å². The molecule has 0 N–H and O–H groups in total. The summed E-state index contributed by atoms with van der Waals surface area (Å²) in [4.78, 5) is 18.3. The summed E-state index contributed by atoms with van der Waals surface area (Å²) in [5, 5.41) is 21.7. The van der Waals surface area contributed by atoms with E-state index in [1.807, 2.05) is 10.3 Å². The maximum absolute atomic E-state index is 11.5. The van der Waals surface area contributed by atoms with Gasteiger partial charge in [-0.15, -0.1) is 10.2 Å². The average Bonchev–Trinajstić information content (AvgIpc) is 3.29. The Kier molecular flexibility index (Phi) is 3.91. The number of thiazole rings is 1. The molecule has 0 radical (unpaired) electrons. The monoisotopic (exact) mass is 361 g/mol. The lowest BCUT2D eigenvalue weighted by molar-refractivity contribution is -0.389. The number of nitrogens with zero attached hydrogens (tertiary/aromatic N) is 7. The molecular weight excluding hydrogens is 342 g/mol. The van der Waals surface area contributed by atoms with Crippen LogP contribution in [0.2, 0.25) is 0 Å². The fourth-order valence-corrected chi connectivity index (χ4v) is 4.14. The predicted octanol–water partition coefficient (Wildman–Crippen LogP) is 2.86. The lowest BCUT2D eigenvalue weighted by atomic mass is 9.95. The van der Waals surface area contributed by atoms with Crippen LogP contribution >= 0.6 is 11.3 Å². The second-order valence-electron chi connectivity index (χ2n) is 6.52. The van der Waals surface area contributed by atoms with Crippen LogP contribution in [0.4, 0.5) is 11.6 Å². The number of rotatable bonds is 4. The van der Waals surface area contributed by atoms with E-state index < -0.39 is 0 Å². The van der Waals surface area contributed by atoms with Gasteiger partial charge in [-0.3, -0.25) is 0 Å². The third-order valence-corrected chi connectivity index (χ3v) is 5.47.